The zero-order chi connectivity index (χ0) is 15.3. The lowest BCUT2D eigenvalue weighted by Crippen LogP contribution is -2.28. The number of hydrogen-bond acceptors (Lipinski definition) is 2. The standard InChI is InChI=1S/C20H24O2/c21-16-8-7-13-19-14-15-20(22-19,17-9-3-1-4-10-17)18-11-5-2-6-12-18/h1-6,9-12,19,21H,7-8,13-16H2. The molecule has 0 aromatic heterocycles. The maximum Gasteiger partial charge on any atom is 0.119 e. The largest absolute Gasteiger partial charge is 0.396 e. The van der Waals surface area contributed by atoms with Gasteiger partial charge in [-0.1, -0.05) is 60.7 Å². The van der Waals surface area contributed by atoms with Crippen molar-refractivity contribution in [2.45, 2.75) is 43.8 Å². The lowest BCUT2D eigenvalue weighted by Gasteiger charge is -2.31. The molecule has 1 saturated heterocycles. The Labute approximate surface area is 132 Å². The van der Waals surface area contributed by atoms with Crippen molar-refractivity contribution in [3.8, 4) is 0 Å². The first-order chi connectivity index (χ1) is 10.8. The Balaban J connectivity index is 1.87. The molecule has 0 aliphatic carbocycles. The fraction of sp³-hybridized carbons (Fsp3) is 0.400. The Bertz CT molecular complexity index is 525. The SMILES string of the molecule is OCCCCC1CCC(c2ccccc2)(c2ccccc2)O1. The van der Waals surface area contributed by atoms with Gasteiger partial charge in [-0.25, -0.2) is 0 Å². The summed E-state index contributed by atoms with van der Waals surface area (Å²) in [7, 11) is 0. The molecule has 116 valence electrons. The fourth-order valence-corrected chi connectivity index (χ4v) is 3.46. The van der Waals surface area contributed by atoms with E-state index in [0.717, 1.165) is 32.1 Å². The predicted molar refractivity (Wildman–Crippen MR) is 88.7 cm³/mol. The van der Waals surface area contributed by atoms with Crippen LogP contribution in [0.2, 0.25) is 0 Å². The van der Waals surface area contributed by atoms with Crippen LogP contribution in [0.4, 0.5) is 0 Å². The lowest BCUT2D eigenvalue weighted by atomic mass is 9.84. The second-order valence-electron chi connectivity index (χ2n) is 6.06. The molecule has 22 heavy (non-hydrogen) atoms. The van der Waals surface area contributed by atoms with E-state index in [1.807, 2.05) is 0 Å². The quantitative estimate of drug-likeness (QED) is 0.807. The van der Waals surface area contributed by atoms with Crippen molar-refractivity contribution in [1.29, 1.82) is 0 Å². The zero-order valence-corrected chi connectivity index (χ0v) is 12.9. The van der Waals surface area contributed by atoms with Gasteiger partial charge in [0.05, 0.1) is 6.10 Å². The number of hydrogen-bond donors (Lipinski definition) is 1. The van der Waals surface area contributed by atoms with E-state index in [-0.39, 0.29) is 18.3 Å². The fourth-order valence-electron chi connectivity index (χ4n) is 3.46. The number of ether oxygens (including phenoxy) is 1. The van der Waals surface area contributed by atoms with Gasteiger partial charge in [0.1, 0.15) is 5.60 Å². The van der Waals surface area contributed by atoms with E-state index in [1.165, 1.54) is 11.1 Å². The van der Waals surface area contributed by atoms with E-state index >= 15 is 0 Å². The molecule has 1 aliphatic rings. The summed E-state index contributed by atoms with van der Waals surface area (Å²) in [6, 6.07) is 21.1. The molecule has 2 heteroatoms. The summed E-state index contributed by atoms with van der Waals surface area (Å²) in [6.07, 6.45) is 5.30. The van der Waals surface area contributed by atoms with Gasteiger partial charge in [0.25, 0.3) is 0 Å². The molecule has 3 rings (SSSR count). The molecular weight excluding hydrogens is 272 g/mol. The van der Waals surface area contributed by atoms with Crippen molar-refractivity contribution in [3.05, 3.63) is 71.8 Å². The lowest BCUT2D eigenvalue weighted by molar-refractivity contribution is -0.0208. The highest BCUT2D eigenvalue weighted by atomic mass is 16.5. The molecule has 0 spiro atoms. The van der Waals surface area contributed by atoms with Gasteiger partial charge in [-0.05, 0) is 43.2 Å². The Hall–Kier alpha value is -1.64. The van der Waals surface area contributed by atoms with Crippen molar-refractivity contribution < 1.29 is 9.84 Å². The van der Waals surface area contributed by atoms with Crippen LogP contribution in [-0.4, -0.2) is 17.8 Å². The van der Waals surface area contributed by atoms with Gasteiger partial charge in [-0.15, -0.1) is 0 Å². The van der Waals surface area contributed by atoms with Gasteiger partial charge >= 0.3 is 0 Å². The average Bonchev–Trinajstić information content (AvgIpc) is 3.02. The molecule has 0 radical (unpaired) electrons. The Morgan fingerprint density at radius 3 is 2.05 bits per heavy atom. The summed E-state index contributed by atoms with van der Waals surface area (Å²) in [6.45, 7) is 0.273. The molecule has 0 bridgehead atoms. The van der Waals surface area contributed by atoms with Gasteiger partial charge in [0.15, 0.2) is 0 Å². The minimum Gasteiger partial charge on any atom is -0.396 e. The van der Waals surface area contributed by atoms with Crippen LogP contribution in [0.5, 0.6) is 0 Å². The second-order valence-corrected chi connectivity index (χ2v) is 6.06. The molecule has 2 nitrogen and oxygen atoms in total. The van der Waals surface area contributed by atoms with Gasteiger partial charge in [-0.2, -0.15) is 0 Å². The monoisotopic (exact) mass is 296 g/mol. The third-order valence-corrected chi connectivity index (χ3v) is 4.60. The molecule has 1 N–H and O–H groups in total. The number of rotatable bonds is 6. The molecule has 0 saturated carbocycles. The topological polar surface area (TPSA) is 29.5 Å². The van der Waals surface area contributed by atoms with Gasteiger partial charge < -0.3 is 9.84 Å². The zero-order valence-electron chi connectivity index (χ0n) is 12.9. The van der Waals surface area contributed by atoms with Crippen LogP contribution < -0.4 is 0 Å². The van der Waals surface area contributed by atoms with E-state index in [2.05, 4.69) is 60.7 Å². The van der Waals surface area contributed by atoms with Gasteiger partial charge in [-0.3, -0.25) is 0 Å². The van der Waals surface area contributed by atoms with Crippen LogP contribution in [0.25, 0.3) is 0 Å². The minimum absolute atomic E-state index is 0.273. The number of benzene rings is 2. The molecule has 1 aliphatic heterocycles. The summed E-state index contributed by atoms with van der Waals surface area (Å²) >= 11 is 0. The van der Waals surface area contributed by atoms with E-state index in [9.17, 15) is 0 Å². The van der Waals surface area contributed by atoms with Crippen LogP contribution in [0, 0.1) is 0 Å². The van der Waals surface area contributed by atoms with Crippen molar-refractivity contribution in [2.24, 2.45) is 0 Å². The van der Waals surface area contributed by atoms with Crippen molar-refractivity contribution in [1.82, 2.24) is 0 Å². The number of aliphatic hydroxyl groups excluding tert-OH is 1. The molecule has 1 heterocycles. The molecular formula is C20H24O2. The Kier molecular flexibility index (Phi) is 4.91. The summed E-state index contributed by atoms with van der Waals surface area (Å²) in [4.78, 5) is 0. The third kappa shape index (κ3) is 3.08. The highest BCUT2D eigenvalue weighted by Crippen LogP contribution is 2.45. The minimum atomic E-state index is -0.313. The Morgan fingerprint density at radius 1 is 0.909 bits per heavy atom. The van der Waals surface area contributed by atoms with Crippen LogP contribution in [0.3, 0.4) is 0 Å². The number of unbranched alkanes of at least 4 members (excludes halogenated alkanes) is 1. The number of aliphatic hydroxyl groups is 1. The van der Waals surface area contributed by atoms with Crippen LogP contribution in [-0.2, 0) is 10.3 Å². The highest BCUT2D eigenvalue weighted by Gasteiger charge is 2.42. The predicted octanol–water partition coefficient (Wildman–Crippen LogP) is 4.27. The summed E-state index contributed by atoms with van der Waals surface area (Å²) < 4.78 is 6.59. The average molecular weight is 296 g/mol. The molecule has 1 atom stereocenters. The molecule has 2 aromatic carbocycles. The smallest absolute Gasteiger partial charge is 0.119 e. The third-order valence-electron chi connectivity index (χ3n) is 4.60. The summed E-state index contributed by atoms with van der Waals surface area (Å²) in [5.41, 5.74) is 2.17. The summed E-state index contributed by atoms with van der Waals surface area (Å²) in [5, 5.41) is 8.96. The van der Waals surface area contributed by atoms with E-state index < -0.39 is 0 Å². The van der Waals surface area contributed by atoms with Crippen LogP contribution in [0.1, 0.15) is 43.2 Å². The van der Waals surface area contributed by atoms with E-state index in [0.29, 0.717) is 0 Å². The second kappa shape index (κ2) is 7.08. The van der Waals surface area contributed by atoms with E-state index in [4.69, 9.17) is 9.84 Å². The van der Waals surface area contributed by atoms with Crippen molar-refractivity contribution in [3.63, 3.8) is 0 Å². The first kappa shape index (κ1) is 15.3. The first-order valence-electron chi connectivity index (χ1n) is 8.25. The van der Waals surface area contributed by atoms with Gasteiger partial charge in [0, 0.05) is 6.61 Å². The molecule has 0 amide bonds. The maximum atomic E-state index is 8.96. The van der Waals surface area contributed by atoms with Crippen molar-refractivity contribution >= 4 is 0 Å². The van der Waals surface area contributed by atoms with Crippen LogP contribution in [0.15, 0.2) is 60.7 Å². The highest BCUT2D eigenvalue weighted by molar-refractivity contribution is 5.37. The normalized spacial score (nSPS) is 20.1. The molecule has 1 fully saturated rings. The molecule has 2 aromatic rings. The maximum absolute atomic E-state index is 8.96. The summed E-state index contributed by atoms with van der Waals surface area (Å²) in [5.74, 6) is 0. The Morgan fingerprint density at radius 2 is 1.50 bits per heavy atom. The molecule has 1 unspecified atom stereocenters. The first-order valence-corrected chi connectivity index (χ1v) is 8.25. The van der Waals surface area contributed by atoms with Crippen LogP contribution >= 0.6 is 0 Å². The van der Waals surface area contributed by atoms with Gasteiger partial charge in [0.2, 0.25) is 0 Å². The van der Waals surface area contributed by atoms with Crippen molar-refractivity contribution in [2.75, 3.05) is 6.61 Å². The van der Waals surface area contributed by atoms with E-state index in [1.54, 1.807) is 0 Å².